The third-order valence-electron chi connectivity index (χ3n) is 0.594. The summed E-state index contributed by atoms with van der Waals surface area (Å²) in [5, 5.41) is 0. The summed E-state index contributed by atoms with van der Waals surface area (Å²) in [5.74, 6) is 0. The van der Waals surface area contributed by atoms with Crippen LogP contribution in [0.15, 0.2) is 0 Å². The third-order valence-corrected chi connectivity index (χ3v) is 0.594. The average molecular weight is 92.1 g/mol. The van der Waals surface area contributed by atoms with Crippen molar-refractivity contribution in [3.63, 3.8) is 0 Å². The first-order valence-electron chi connectivity index (χ1n) is 2.75. The summed E-state index contributed by atoms with van der Waals surface area (Å²) in [6.07, 6.45) is -0.613. The first-order chi connectivity index (χ1) is 3.06. The van der Waals surface area contributed by atoms with E-state index < -0.39 is 6.15 Å². The summed E-state index contributed by atoms with van der Waals surface area (Å²) in [6, 6.07) is 0. The normalized spacial score (nSPS) is 22.2. The molecule has 0 heterocycles. The lowest BCUT2D eigenvalue weighted by Gasteiger charge is -1.91. The van der Waals surface area contributed by atoms with Crippen molar-refractivity contribution in [2.45, 2.75) is 32.8 Å². The molecule has 0 spiro atoms. The molecule has 0 N–H and O–H groups in total. The Balaban J connectivity index is 3.15. The Morgan fingerprint density at radius 1 is 2.00 bits per heavy atom. The van der Waals surface area contributed by atoms with Gasteiger partial charge in [0, 0.05) is 0 Å². The van der Waals surface area contributed by atoms with Crippen molar-refractivity contribution in [2.75, 3.05) is 0 Å². The van der Waals surface area contributed by atoms with Gasteiger partial charge in [0.2, 0.25) is 0 Å². The predicted molar refractivity (Wildman–Crippen MR) is 25.5 cm³/mol. The summed E-state index contributed by atoms with van der Waals surface area (Å²) in [7, 11) is 0. The Labute approximate surface area is 39.8 Å². The summed E-state index contributed by atoms with van der Waals surface area (Å²) in [4.78, 5) is 0. The van der Waals surface area contributed by atoms with Gasteiger partial charge in [0.15, 0.2) is 0 Å². The van der Waals surface area contributed by atoms with Crippen LogP contribution in [0.4, 0.5) is 4.39 Å². The molecule has 0 aromatic heterocycles. The van der Waals surface area contributed by atoms with Crippen LogP contribution in [0.2, 0.25) is 0 Å². The number of halogens is 1. The van der Waals surface area contributed by atoms with Gasteiger partial charge in [0.25, 0.3) is 0 Å². The molecule has 1 heteroatoms. The van der Waals surface area contributed by atoms with Crippen LogP contribution in [-0.2, 0) is 0 Å². The fourth-order valence-corrected chi connectivity index (χ4v) is 0.344. The molecule has 1 atom stereocenters. The van der Waals surface area contributed by atoms with Crippen molar-refractivity contribution in [1.82, 2.24) is 0 Å². The van der Waals surface area contributed by atoms with E-state index in [-0.39, 0.29) is 0 Å². The molecule has 0 aromatic carbocycles. The van der Waals surface area contributed by atoms with Gasteiger partial charge in [0.05, 0.1) is 7.52 Å². The lowest BCUT2D eigenvalue weighted by atomic mass is 10.2. The molecule has 0 saturated carbocycles. The molecular weight excluding hydrogens is 79.1 g/mol. The van der Waals surface area contributed by atoms with E-state index in [0.717, 1.165) is 6.42 Å². The van der Waals surface area contributed by atoms with Crippen LogP contribution in [-0.4, -0.2) is 6.15 Å². The molecule has 0 nitrogen and oxygen atoms in total. The van der Waals surface area contributed by atoms with Crippen LogP contribution in [0, 0.1) is 0 Å². The van der Waals surface area contributed by atoms with E-state index in [1.54, 1.807) is 0 Å². The highest BCUT2D eigenvalue weighted by Gasteiger charge is 1.90. The maximum atomic E-state index is 12.1. The molecule has 38 valence electrons. The third kappa shape index (κ3) is 3.93. The molecule has 0 radical (unpaired) electrons. The molecular formula is C5H11F. The molecule has 1 unspecified atom stereocenters. The maximum Gasteiger partial charge on any atom is 0.0973 e. The van der Waals surface area contributed by atoms with Crippen LogP contribution in [0.1, 0.15) is 28.1 Å². The second-order valence-electron chi connectivity index (χ2n) is 1.43. The fourth-order valence-electron chi connectivity index (χ4n) is 0.344. The molecule has 0 saturated heterocycles. The lowest BCUT2D eigenvalue weighted by Crippen LogP contribution is -1.87. The van der Waals surface area contributed by atoms with Gasteiger partial charge in [-0.3, -0.25) is 0 Å². The van der Waals surface area contributed by atoms with E-state index >= 15 is 0 Å². The second kappa shape index (κ2) is 3.13. The minimum Gasteiger partial charge on any atom is -0.248 e. The lowest BCUT2D eigenvalue weighted by molar-refractivity contribution is 0.339. The van der Waals surface area contributed by atoms with E-state index in [0.29, 0.717) is 6.42 Å². The van der Waals surface area contributed by atoms with Crippen molar-refractivity contribution in [3.05, 3.63) is 0 Å². The Kier molecular flexibility index (Phi) is 2.14. The van der Waals surface area contributed by atoms with Gasteiger partial charge < -0.3 is 0 Å². The summed E-state index contributed by atoms with van der Waals surface area (Å²) in [6.45, 7) is 3.14. The topological polar surface area (TPSA) is 0 Å². The minimum atomic E-state index is -1.70. The van der Waals surface area contributed by atoms with E-state index in [4.69, 9.17) is 1.37 Å². The summed E-state index contributed by atoms with van der Waals surface area (Å²) >= 11 is 0. The first kappa shape index (κ1) is 4.10. The Hall–Kier alpha value is -0.0700. The zero-order chi connectivity index (χ0) is 5.91. The quantitative estimate of drug-likeness (QED) is 0.489. The van der Waals surface area contributed by atoms with Gasteiger partial charge >= 0.3 is 0 Å². The van der Waals surface area contributed by atoms with Crippen molar-refractivity contribution in [3.8, 4) is 0 Å². The minimum absolute atomic E-state index is 0.340. The van der Waals surface area contributed by atoms with Crippen LogP contribution in [0.3, 0.4) is 0 Å². The Morgan fingerprint density at radius 2 is 2.50 bits per heavy atom. The van der Waals surface area contributed by atoms with E-state index in [2.05, 4.69) is 0 Å². The van der Waals surface area contributed by atoms with Gasteiger partial charge in [-0.2, -0.15) is 0 Å². The number of hydrogen-bond donors (Lipinski definition) is 0. The van der Waals surface area contributed by atoms with Crippen molar-refractivity contribution < 1.29 is 5.76 Å². The van der Waals surface area contributed by atoms with Crippen LogP contribution in [0.5, 0.6) is 0 Å². The molecule has 0 rings (SSSR count). The standard InChI is InChI=1S/C5H11F/c1-3-4-5(2)6/h5H,3-4H2,1-2H3/i5T. The Bertz CT molecular complexity index is 46.5. The molecule has 0 aliphatic heterocycles. The second-order valence-corrected chi connectivity index (χ2v) is 1.43. The molecule has 0 bridgehead atoms. The highest BCUT2D eigenvalue weighted by Crippen LogP contribution is 1.97. The van der Waals surface area contributed by atoms with Gasteiger partial charge in [-0.05, 0) is 13.3 Å². The van der Waals surface area contributed by atoms with E-state index in [9.17, 15) is 4.39 Å². The number of alkyl halides is 1. The zero-order valence-corrected chi connectivity index (χ0v) is 4.29. The molecule has 0 aliphatic carbocycles. The summed E-state index contributed by atoms with van der Waals surface area (Å²) in [5.41, 5.74) is 0. The molecule has 0 amide bonds. The average Bonchev–Trinajstić information content (AvgIpc) is 1.30. The highest BCUT2D eigenvalue weighted by molar-refractivity contribution is 4.41. The number of hydrogen-bond acceptors (Lipinski definition) is 0. The first-order valence-corrected chi connectivity index (χ1v) is 2.25. The zero-order valence-electron chi connectivity index (χ0n) is 5.29. The number of rotatable bonds is 2. The van der Waals surface area contributed by atoms with Gasteiger partial charge in [-0.1, -0.05) is 13.3 Å². The molecule has 0 aliphatic rings. The van der Waals surface area contributed by atoms with Crippen LogP contribution in [0.25, 0.3) is 0 Å². The smallest absolute Gasteiger partial charge is 0.0973 e. The van der Waals surface area contributed by atoms with Crippen LogP contribution >= 0.6 is 0 Å². The Morgan fingerprint density at radius 3 is 2.50 bits per heavy atom. The van der Waals surface area contributed by atoms with Crippen molar-refractivity contribution >= 4 is 0 Å². The molecule has 6 heavy (non-hydrogen) atoms. The fraction of sp³-hybridized carbons (Fsp3) is 1.00. The monoisotopic (exact) mass is 92.1 g/mol. The van der Waals surface area contributed by atoms with Gasteiger partial charge in [-0.25, -0.2) is 4.39 Å². The van der Waals surface area contributed by atoms with Gasteiger partial charge in [-0.15, -0.1) is 0 Å². The van der Waals surface area contributed by atoms with Gasteiger partial charge in [0.1, 0.15) is 0 Å². The SMILES string of the molecule is [3H]C(C)(F)CCC. The van der Waals surface area contributed by atoms with Crippen molar-refractivity contribution in [2.24, 2.45) is 0 Å². The van der Waals surface area contributed by atoms with E-state index in [1.807, 2.05) is 6.92 Å². The molecule has 0 fully saturated rings. The molecule has 0 aromatic rings. The predicted octanol–water partition coefficient (Wildman–Crippen LogP) is 2.14. The van der Waals surface area contributed by atoms with E-state index in [1.165, 1.54) is 6.92 Å². The van der Waals surface area contributed by atoms with Crippen molar-refractivity contribution in [1.29, 1.82) is 0 Å². The highest BCUT2D eigenvalue weighted by atomic mass is 19.1. The summed E-state index contributed by atoms with van der Waals surface area (Å²) < 4.78 is 18.7. The maximum absolute atomic E-state index is 12.1. The van der Waals surface area contributed by atoms with Crippen LogP contribution < -0.4 is 0 Å². The largest absolute Gasteiger partial charge is 0.248 e.